The first-order valence-electron chi connectivity index (χ1n) is 7.49. The summed E-state index contributed by atoms with van der Waals surface area (Å²) >= 11 is 0. The Balaban J connectivity index is 2.27. The van der Waals surface area contributed by atoms with Crippen LogP contribution in [0.3, 0.4) is 0 Å². The molecule has 1 fully saturated rings. The monoisotopic (exact) mass is 285 g/mol. The Labute approximate surface area is 127 Å². The maximum Gasteiger partial charge on any atom is 0.219 e. The molecule has 4 nitrogen and oxygen atoms in total. The molecule has 0 saturated carbocycles. The summed E-state index contributed by atoms with van der Waals surface area (Å²) in [6, 6.07) is 6.47. The molecule has 0 spiro atoms. The van der Waals surface area contributed by atoms with Gasteiger partial charge in [-0.2, -0.15) is 5.26 Å². The van der Waals surface area contributed by atoms with Crippen molar-refractivity contribution in [3.05, 3.63) is 28.8 Å². The van der Waals surface area contributed by atoms with E-state index in [1.165, 1.54) is 11.1 Å². The van der Waals surface area contributed by atoms with Crippen molar-refractivity contribution in [2.75, 3.05) is 31.1 Å². The zero-order valence-electron chi connectivity index (χ0n) is 13.3. The highest BCUT2D eigenvalue weighted by Gasteiger charge is 2.21. The van der Waals surface area contributed by atoms with Crippen LogP contribution in [0, 0.1) is 18.3 Å². The Hall–Kier alpha value is -2.02. The van der Waals surface area contributed by atoms with Crippen LogP contribution in [0.15, 0.2) is 12.1 Å². The lowest BCUT2D eigenvalue weighted by atomic mass is 9.94. The van der Waals surface area contributed by atoms with Crippen LogP contribution in [-0.4, -0.2) is 37.0 Å². The molecular weight excluding hydrogens is 262 g/mol. The molecule has 0 aromatic heterocycles. The molecule has 2 rings (SSSR count). The minimum atomic E-state index is 0.126. The fraction of sp³-hybridized carbons (Fsp3) is 0.529. The minimum absolute atomic E-state index is 0.126. The van der Waals surface area contributed by atoms with Gasteiger partial charge in [0.25, 0.3) is 0 Å². The molecule has 1 aliphatic rings. The van der Waals surface area contributed by atoms with Gasteiger partial charge in [0.05, 0.1) is 11.3 Å². The average Bonchev–Trinajstić information content (AvgIpc) is 2.46. The summed E-state index contributed by atoms with van der Waals surface area (Å²) in [5.41, 5.74) is 4.20. The summed E-state index contributed by atoms with van der Waals surface area (Å²) in [6.45, 7) is 11.0. The molecule has 1 heterocycles. The lowest BCUT2D eigenvalue weighted by molar-refractivity contribution is -0.129. The number of hydrogen-bond donors (Lipinski definition) is 0. The Morgan fingerprint density at radius 3 is 2.33 bits per heavy atom. The molecule has 0 bridgehead atoms. The van der Waals surface area contributed by atoms with Crippen molar-refractivity contribution in [1.29, 1.82) is 5.26 Å². The van der Waals surface area contributed by atoms with E-state index in [0.29, 0.717) is 5.92 Å². The molecule has 1 amide bonds. The van der Waals surface area contributed by atoms with Crippen molar-refractivity contribution in [2.24, 2.45) is 0 Å². The van der Waals surface area contributed by atoms with Crippen molar-refractivity contribution in [2.45, 2.75) is 33.6 Å². The average molecular weight is 285 g/mol. The maximum atomic E-state index is 11.4. The van der Waals surface area contributed by atoms with E-state index in [4.69, 9.17) is 0 Å². The van der Waals surface area contributed by atoms with Crippen LogP contribution < -0.4 is 4.90 Å². The first-order valence-corrected chi connectivity index (χ1v) is 7.49. The fourth-order valence-corrected chi connectivity index (χ4v) is 2.94. The second-order valence-electron chi connectivity index (χ2n) is 5.99. The van der Waals surface area contributed by atoms with E-state index in [1.54, 1.807) is 6.92 Å². The van der Waals surface area contributed by atoms with Gasteiger partial charge in [-0.05, 0) is 36.1 Å². The zero-order valence-corrected chi connectivity index (χ0v) is 13.3. The molecule has 1 aromatic carbocycles. The zero-order chi connectivity index (χ0) is 15.6. The summed E-state index contributed by atoms with van der Waals surface area (Å²) in [4.78, 5) is 15.5. The van der Waals surface area contributed by atoms with E-state index in [2.05, 4.69) is 37.8 Å². The highest BCUT2D eigenvalue weighted by Crippen LogP contribution is 2.29. The second kappa shape index (κ2) is 6.17. The number of carbonyl (C=O) groups excluding carboxylic acids is 1. The van der Waals surface area contributed by atoms with Crippen molar-refractivity contribution in [3.63, 3.8) is 0 Å². The van der Waals surface area contributed by atoms with E-state index in [-0.39, 0.29) is 5.91 Å². The highest BCUT2D eigenvalue weighted by molar-refractivity contribution is 5.73. The third kappa shape index (κ3) is 3.18. The summed E-state index contributed by atoms with van der Waals surface area (Å²) in [6.07, 6.45) is 0. The van der Waals surface area contributed by atoms with E-state index < -0.39 is 0 Å². The Kier molecular flexibility index (Phi) is 4.52. The second-order valence-corrected chi connectivity index (χ2v) is 5.99. The summed E-state index contributed by atoms with van der Waals surface area (Å²) in [5, 5.41) is 9.45. The van der Waals surface area contributed by atoms with Crippen LogP contribution in [0.25, 0.3) is 0 Å². The number of carbonyl (C=O) groups is 1. The number of hydrogen-bond acceptors (Lipinski definition) is 3. The third-order valence-electron chi connectivity index (χ3n) is 4.19. The Morgan fingerprint density at radius 2 is 1.86 bits per heavy atom. The number of nitrogens with zero attached hydrogens (tertiary/aromatic N) is 3. The predicted molar refractivity (Wildman–Crippen MR) is 84.5 cm³/mol. The molecule has 4 heteroatoms. The Bertz CT molecular complexity index is 578. The highest BCUT2D eigenvalue weighted by atomic mass is 16.2. The number of rotatable bonds is 2. The molecule has 1 aliphatic heterocycles. The standard InChI is InChI=1S/C17H23N3O/c1-12(2)16-10-15(11-18)17(9-13(16)3)20-7-5-19(6-8-20)14(4)21/h9-10,12H,5-8H2,1-4H3. The van der Waals surface area contributed by atoms with Crippen molar-refractivity contribution in [3.8, 4) is 6.07 Å². The molecular formula is C17H23N3O. The van der Waals surface area contributed by atoms with Gasteiger partial charge >= 0.3 is 0 Å². The van der Waals surface area contributed by atoms with Gasteiger partial charge in [-0.25, -0.2) is 0 Å². The number of piperazine rings is 1. The van der Waals surface area contributed by atoms with Gasteiger partial charge < -0.3 is 9.80 Å². The first-order chi connectivity index (χ1) is 9.93. The summed E-state index contributed by atoms with van der Waals surface area (Å²) < 4.78 is 0. The predicted octanol–water partition coefficient (Wildman–Crippen LogP) is 2.66. The molecule has 1 saturated heterocycles. The van der Waals surface area contributed by atoms with Crippen LogP contribution in [0.5, 0.6) is 0 Å². The number of benzene rings is 1. The van der Waals surface area contributed by atoms with Gasteiger partial charge in [-0.3, -0.25) is 4.79 Å². The lowest BCUT2D eigenvalue weighted by Gasteiger charge is -2.36. The minimum Gasteiger partial charge on any atom is -0.367 e. The number of anilines is 1. The van der Waals surface area contributed by atoms with Crippen LogP contribution in [0.4, 0.5) is 5.69 Å². The summed E-state index contributed by atoms with van der Waals surface area (Å²) in [7, 11) is 0. The topological polar surface area (TPSA) is 47.3 Å². The molecule has 0 aliphatic carbocycles. The van der Waals surface area contributed by atoms with Crippen LogP contribution in [-0.2, 0) is 4.79 Å². The molecule has 0 N–H and O–H groups in total. The first kappa shape index (κ1) is 15.4. The van der Waals surface area contributed by atoms with Gasteiger partial charge in [-0.15, -0.1) is 0 Å². The number of nitriles is 1. The number of aryl methyl sites for hydroxylation is 1. The molecule has 112 valence electrons. The normalized spacial score (nSPS) is 15.2. The van der Waals surface area contributed by atoms with Crippen molar-refractivity contribution < 1.29 is 4.79 Å². The summed E-state index contributed by atoms with van der Waals surface area (Å²) in [5.74, 6) is 0.544. The van der Waals surface area contributed by atoms with Gasteiger partial charge in [0, 0.05) is 33.1 Å². The van der Waals surface area contributed by atoms with Crippen LogP contribution >= 0.6 is 0 Å². The van der Waals surface area contributed by atoms with E-state index in [0.717, 1.165) is 37.4 Å². The van der Waals surface area contributed by atoms with E-state index >= 15 is 0 Å². The van der Waals surface area contributed by atoms with Gasteiger partial charge in [0.2, 0.25) is 5.91 Å². The molecule has 21 heavy (non-hydrogen) atoms. The smallest absolute Gasteiger partial charge is 0.219 e. The van der Waals surface area contributed by atoms with Crippen LogP contribution in [0.2, 0.25) is 0 Å². The SMILES string of the molecule is CC(=O)N1CCN(c2cc(C)c(C(C)C)cc2C#N)CC1. The molecule has 0 radical (unpaired) electrons. The molecule has 0 unspecified atom stereocenters. The lowest BCUT2D eigenvalue weighted by Crippen LogP contribution is -2.48. The van der Waals surface area contributed by atoms with E-state index in [9.17, 15) is 10.1 Å². The fourth-order valence-electron chi connectivity index (χ4n) is 2.94. The number of amides is 1. The Morgan fingerprint density at radius 1 is 1.24 bits per heavy atom. The quantitative estimate of drug-likeness (QED) is 0.839. The van der Waals surface area contributed by atoms with Crippen molar-refractivity contribution in [1.82, 2.24) is 4.90 Å². The van der Waals surface area contributed by atoms with E-state index in [1.807, 2.05) is 11.0 Å². The van der Waals surface area contributed by atoms with Crippen molar-refractivity contribution >= 4 is 11.6 Å². The van der Waals surface area contributed by atoms with Gasteiger partial charge in [0.15, 0.2) is 0 Å². The van der Waals surface area contributed by atoms with Gasteiger partial charge in [-0.1, -0.05) is 13.8 Å². The largest absolute Gasteiger partial charge is 0.367 e. The van der Waals surface area contributed by atoms with Gasteiger partial charge in [0.1, 0.15) is 6.07 Å². The molecule has 1 aromatic rings. The third-order valence-corrected chi connectivity index (χ3v) is 4.19. The van der Waals surface area contributed by atoms with Crippen LogP contribution in [0.1, 0.15) is 43.4 Å². The molecule has 0 atom stereocenters. The maximum absolute atomic E-state index is 11.4.